The number of ether oxygens (including phenoxy) is 1. The molecule has 22 heavy (non-hydrogen) atoms. The highest BCUT2D eigenvalue weighted by Crippen LogP contribution is 2.23. The smallest absolute Gasteiger partial charge is 0.354 e. The molecule has 0 heterocycles. The van der Waals surface area contributed by atoms with Gasteiger partial charge in [0.2, 0.25) is 0 Å². The van der Waals surface area contributed by atoms with Crippen molar-refractivity contribution in [2.75, 3.05) is 0 Å². The van der Waals surface area contributed by atoms with E-state index in [4.69, 9.17) is 33.2 Å². The van der Waals surface area contributed by atoms with Crippen LogP contribution in [0.25, 0.3) is 6.08 Å². The highest BCUT2D eigenvalue weighted by Gasteiger charge is 2.13. The number of benzene rings is 2. The highest BCUT2D eigenvalue weighted by molar-refractivity contribution is 6.30. The van der Waals surface area contributed by atoms with E-state index in [2.05, 4.69) is 0 Å². The van der Waals surface area contributed by atoms with Crippen LogP contribution in [-0.2, 0) is 4.79 Å². The van der Waals surface area contributed by atoms with Crippen molar-refractivity contribution in [3.63, 3.8) is 0 Å². The molecule has 2 aromatic rings. The predicted molar refractivity (Wildman–Crippen MR) is 86.9 cm³/mol. The number of esters is 1. The monoisotopic (exact) mass is 331 g/mol. The lowest BCUT2D eigenvalue weighted by atomic mass is 10.1. The van der Waals surface area contributed by atoms with E-state index in [1.165, 1.54) is 6.08 Å². The molecule has 0 N–H and O–H groups in total. The Labute approximate surface area is 138 Å². The summed E-state index contributed by atoms with van der Waals surface area (Å²) in [4.78, 5) is 12.1. The predicted octanol–water partition coefficient (Wildman–Crippen LogP) is 4.81. The normalized spacial score (nSPS) is 10.9. The summed E-state index contributed by atoms with van der Waals surface area (Å²) in [5, 5.41) is 10.3. The van der Waals surface area contributed by atoms with Crippen LogP contribution in [0.15, 0.2) is 48.0 Å². The van der Waals surface area contributed by atoms with Crippen molar-refractivity contribution < 1.29 is 9.53 Å². The molecule has 3 nitrogen and oxygen atoms in total. The van der Waals surface area contributed by atoms with Gasteiger partial charge in [-0.2, -0.15) is 5.26 Å². The third-order valence-electron chi connectivity index (χ3n) is 2.86. The first kappa shape index (κ1) is 16.1. The average Bonchev–Trinajstić information content (AvgIpc) is 2.49. The van der Waals surface area contributed by atoms with Crippen LogP contribution in [0.3, 0.4) is 0 Å². The van der Waals surface area contributed by atoms with Crippen molar-refractivity contribution in [2.24, 2.45) is 0 Å². The Balaban J connectivity index is 2.22. The van der Waals surface area contributed by atoms with Crippen LogP contribution >= 0.6 is 23.2 Å². The summed E-state index contributed by atoms with van der Waals surface area (Å²) >= 11 is 11.6. The largest absolute Gasteiger partial charge is 0.422 e. The van der Waals surface area contributed by atoms with Crippen LogP contribution in [0.4, 0.5) is 0 Å². The molecule has 5 heteroatoms. The molecule has 0 aliphatic carbocycles. The van der Waals surface area contributed by atoms with Crippen molar-refractivity contribution in [3.8, 4) is 11.8 Å². The number of nitrogens with zero attached hydrogens (tertiary/aromatic N) is 1. The van der Waals surface area contributed by atoms with E-state index in [9.17, 15) is 4.79 Å². The summed E-state index contributed by atoms with van der Waals surface area (Å²) in [7, 11) is 0. The van der Waals surface area contributed by atoms with Crippen LogP contribution in [0.5, 0.6) is 5.75 Å². The van der Waals surface area contributed by atoms with Crippen LogP contribution in [-0.4, -0.2) is 5.97 Å². The molecule has 0 radical (unpaired) electrons. The molecule has 2 aromatic carbocycles. The van der Waals surface area contributed by atoms with Gasteiger partial charge in [-0.05, 0) is 54.5 Å². The van der Waals surface area contributed by atoms with Gasteiger partial charge < -0.3 is 4.74 Å². The number of carbonyl (C=O) groups is 1. The van der Waals surface area contributed by atoms with Gasteiger partial charge in [-0.1, -0.05) is 35.3 Å². The number of hydrogen-bond donors (Lipinski definition) is 0. The van der Waals surface area contributed by atoms with E-state index < -0.39 is 5.97 Å². The molecular weight excluding hydrogens is 321 g/mol. The number of carbonyl (C=O) groups excluding carboxylic acids is 1. The number of nitriles is 1. The molecule has 2 rings (SSSR count). The molecule has 0 saturated carbocycles. The fraction of sp³-hybridized carbons (Fsp3) is 0.0588. The Kier molecular flexibility index (Phi) is 5.21. The summed E-state index contributed by atoms with van der Waals surface area (Å²) < 4.78 is 5.23. The second kappa shape index (κ2) is 7.13. The van der Waals surface area contributed by atoms with Crippen molar-refractivity contribution in [1.82, 2.24) is 0 Å². The molecule has 0 aromatic heterocycles. The lowest BCUT2D eigenvalue weighted by Gasteiger charge is -2.07. The molecule has 0 amide bonds. The molecule has 0 atom stereocenters. The van der Waals surface area contributed by atoms with Crippen LogP contribution < -0.4 is 4.74 Å². The zero-order chi connectivity index (χ0) is 16.1. The van der Waals surface area contributed by atoms with E-state index in [0.717, 1.165) is 0 Å². The molecule has 0 bridgehead atoms. The maximum absolute atomic E-state index is 12.1. The summed E-state index contributed by atoms with van der Waals surface area (Å²) in [6.45, 7) is 1.77. The second-order valence-electron chi connectivity index (χ2n) is 4.52. The number of rotatable bonds is 3. The first-order valence-corrected chi connectivity index (χ1v) is 7.11. The molecule has 0 aliphatic heterocycles. The number of aryl methyl sites for hydroxylation is 1. The van der Waals surface area contributed by atoms with Gasteiger partial charge in [0.25, 0.3) is 0 Å². The standard InChI is InChI=1S/C17H11Cl2NO2/c1-11-8-15(19)6-7-16(11)22-17(21)13(10-20)9-12-2-4-14(18)5-3-12/h2-9H,1H3/b13-9+. The summed E-state index contributed by atoms with van der Waals surface area (Å²) in [6.07, 6.45) is 1.45. The first-order valence-electron chi connectivity index (χ1n) is 6.35. The van der Waals surface area contributed by atoms with Crippen LogP contribution in [0, 0.1) is 18.3 Å². The third-order valence-corrected chi connectivity index (χ3v) is 3.35. The molecule has 0 saturated heterocycles. The van der Waals surface area contributed by atoms with E-state index in [1.807, 2.05) is 6.07 Å². The maximum atomic E-state index is 12.1. The Hall–Kier alpha value is -2.28. The fourth-order valence-corrected chi connectivity index (χ4v) is 2.10. The van der Waals surface area contributed by atoms with Gasteiger partial charge in [-0.3, -0.25) is 0 Å². The number of hydrogen-bond acceptors (Lipinski definition) is 3. The summed E-state index contributed by atoms with van der Waals surface area (Å²) in [5.41, 5.74) is 1.30. The molecule has 0 unspecified atom stereocenters. The SMILES string of the molecule is Cc1cc(Cl)ccc1OC(=O)/C(C#N)=C/c1ccc(Cl)cc1. The minimum Gasteiger partial charge on any atom is -0.422 e. The zero-order valence-corrected chi connectivity index (χ0v) is 13.2. The molecule has 0 aliphatic rings. The van der Waals surface area contributed by atoms with Crippen LogP contribution in [0.1, 0.15) is 11.1 Å². The lowest BCUT2D eigenvalue weighted by Crippen LogP contribution is -2.10. The van der Waals surface area contributed by atoms with Gasteiger partial charge >= 0.3 is 5.97 Å². The van der Waals surface area contributed by atoms with Gasteiger partial charge in [0, 0.05) is 10.0 Å². The average molecular weight is 332 g/mol. The zero-order valence-electron chi connectivity index (χ0n) is 11.6. The van der Waals surface area contributed by atoms with E-state index in [0.29, 0.717) is 26.9 Å². The Morgan fingerprint density at radius 2 is 1.77 bits per heavy atom. The van der Waals surface area contributed by atoms with Gasteiger partial charge in [0.1, 0.15) is 17.4 Å². The van der Waals surface area contributed by atoms with Gasteiger partial charge in [-0.15, -0.1) is 0 Å². The van der Waals surface area contributed by atoms with Crippen molar-refractivity contribution >= 4 is 35.2 Å². The highest BCUT2D eigenvalue weighted by atomic mass is 35.5. The van der Waals surface area contributed by atoms with Crippen molar-refractivity contribution in [1.29, 1.82) is 5.26 Å². The van der Waals surface area contributed by atoms with Crippen molar-refractivity contribution in [3.05, 3.63) is 69.2 Å². The van der Waals surface area contributed by atoms with Gasteiger partial charge in [0.15, 0.2) is 0 Å². The quantitative estimate of drug-likeness (QED) is 0.351. The van der Waals surface area contributed by atoms with E-state index in [-0.39, 0.29) is 5.57 Å². The Morgan fingerprint density at radius 1 is 1.14 bits per heavy atom. The van der Waals surface area contributed by atoms with Gasteiger partial charge in [0.05, 0.1) is 0 Å². The Morgan fingerprint density at radius 3 is 2.36 bits per heavy atom. The summed E-state index contributed by atoms with van der Waals surface area (Å²) in [6, 6.07) is 13.5. The summed E-state index contributed by atoms with van der Waals surface area (Å²) in [5.74, 6) is -0.352. The van der Waals surface area contributed by atoms with E-state index >= 15 is 0 Å². The lowest BCUT2D eigenvalue weighted by molar-refractivity contribution is -0.129. The third kappa shape index (κ3) is 4.11. The Bertz CT molecular complexity index is 774. The topological polar surface area (TPSA) is 50.1 Å². The fourth-order valence-electron chi connectivity index (χ4n) is 1.74. The second-order valence-corrected chi connectivity index (χ2v) is 5.39. The maximum Gasteiger partial charge on any atom is 0.354 e. The molecule has 0 fully saturated rings. The minimum atomic E-state index is -0.720. The minimum absolute atomic E-state index is 0.100. The number of halogens is 2. The first-order chi connectivity index (χ1) is 10.5. The van der Waals surface area contributed by atoms with Crippen LogP contribution in [0.2, 0.25) is 10.0 Å². The molecule has 0 spiro atoms. The molecular formula is C17H11Cl2NO2. The van der Waals surface area contributed by atoms with Gasteiger partial charge in [-0.25, -0.2) is 4.79 Å². The van der Waals surface area contributed by atoms with E-state index in [1.54, 1.807) is 49.4 Å². The molecule has 110 valence electrons. The van der Waals surface area contributed by atoms with Crippen molar-refractivity contribution in [2.45, 2.75) is 6.92 Å².